The Hall–Kier alpha value is -4.01. The number of carbonyl (C=O) groups is 3. The molecule has 0 spiro atoms. The van der Waals surface area contributed by atoms with Crippen molar-refractivity contribution in [1.29, 1.82) is 0 Å². The molecule has 0 radical (unpaired) electrons. The third-order valence-corrected chi connectivity index (χ3v) is 5.69. The predicted molar refractivity (Wildman–Crippen MR) is 126 cm³/mol. The highest BCUT2D eigenvalue weighted by Crippen LogP contribution is 2.17. The zero-order chi connectivity index (χ0) is 23.9. The van der Waals surface area contributed by atoms with Gasteiger partial charge in [-0.1, -0.05) is 29.8 Å². The highest BCUT2D eigenvalue weighted by atomic mass is 16.2. The molecule has 2 N–H and O–H groups in total. The van der Waals surface area contributed by atoms with E-state index in [1.807, 2.05) is 43.3 Å². The van der Waals surface area contributed by atoms with Gasteiger partial charge in [0.15, 0.2) is 5.69 Å². The fourth-order valence-electron chi connectivity index (χ4n) is 3.78. The molecule has 0 atom stereocenters. The van der Waals surface area contributed by atoms with Gasteiger partial charge in [0.1, 0.15) is 5.69 Å². The molecule has 4 rings (SSSR count). The van der Waals surface area contributed by atoms with Gasteiger partial charge in [0.25, 0.3) is 11.8 Å². The lowest BCUT2D eigenvalue weighted by Gasteiger charge is -2.20. The number of aromatic nitrogens is 3. The molecule has 9 nitrogen and oxygen atoms in total. The lowest BCUT2D eigenvalue weighted by molar-refractivity contribution is -0.121. The molecular weight excluding hydrogens is 432 g/mol. The second kappa shape index (κ2) is 10.7. The zero-order valence-electron chi connectivity index (χ0n) is 19.2. The average molecular weight is 461 g/mol. The molecule has 3 amide bonds. The van der Waals surface area contributed by atoms with E-state index in [2.05, 4.69) is 20.7 Å². The second-order valence-corrected chi connectivity index (χ2v) is 8.34. The van der Waals surface area contributed by atoms with Crippen LogP contribution >= 0.6 is 0 Å². The Morgan fingerprint density at radius 3 is 2.53 bits per heavy atom. The first-order valence-electron chi connectivity index (χ1n) is 11.4. The Labute approximate surface area is 198 Å². The molecule has 9 heteroatoms. The van der Waals surface area contributed by atoms with Crippen LogP contribution in [0.3, 0.4) is 0 Å². The molecule has 2 aromatic heterocycles. The first kappa shape index (κ1) is 23.2. The minimum absolute atomic E-state index is 0.139. The zero-order valence-corrected chi connectivity index (χ0v) is 19.2. The Morgan fingerprint density at radius 2 is 1.76 bits per heavy atom. The highest BCUT2D eigenvalue weighted by molar-refractivity contribution is 5.98. The Morgan fingerprint density at radius 1 is 1.00 bits per heavy atom. The van der Waals surface area contributed by atoms with Gasteiger partial charge in [-0.2, -0.15) is 5.10 Å². The summed E-state index contributed by atoms with van der Waals surface area (Å²) in [5.74, 6) is -0.708. The molecular formula is C25H28N6O3. The number of fused-ring (bicyclic) bond motifs is 1. The number of nitrogens with one attached hydrogen (secondary N) is 2. The standard InChI is InChI=1S/C25H28N6O3/c1-18-3-5-20(6-4-18)17-30-13-2-14-31-22(25(30)34)15-21(29-31)24(33)27-12-9-23(32)28-16-19-7-10-26-11-8-19/h3-8,10-11,15H,2,9,12-14,16-17H2,1H3,(H,27,33)(H,28,32). The molecule has 0 bridgehead atoms. The van der Waals surface area contributed by atoms with Crippen molar-refractivity contribution >= 4 is 17.7 Å². The van der Waals surface area contributed by atoms with Gasteiger partial charge >= 0.3 is 0 Å². The quantitative estimate of drug-likeness (QED) is 0.535. The van der Waals surface area contributed by atoms with Crippen molar-refractivity contribution in [2.24, 2.45) is 0 Å². The molecule has 0 aliphatic carbocycles. The topological polar surface area (TPSA) is 109 Å². The summed E-state index contributed by atoms with van der Waals surface area (Å²) in [5, 5.41) is 9.86. The van der Waals surface area contributed by atoms with Crippen molar-refractivity contribution in [2.75, 3.05) is 13.1 Å². The van der Waals surface area contributed by atoms with Crippen LogP contribution in [0.5, 0.6) is 0 Å². The summed E-state index contributed by atoms with van der Waals surface area (Å²) in [5.41, 5.74) is 3.77. The minimum Gasteiger partial charge on any atom is -0.352 e. The number of benzene rings is 1. The van der Waals surface area contributed by atoms with Crippen LogP contribution in [0.2, 0.25) is 0 Å². The summed E-state index contributed by atoms with van der Waals surface area (Å²) in [6.07, 6.45) is 4.24. The third kappa shape index (κ3) is 5.86. The summed E-state index contributed by atoms with van der Waals surface area (Å²) in [6.45, 7) is 4.32. The maximum absolute atomic E-state index is 13.1. The number of hydrogen-bond donors (Lipinski definition) is 2. The molecule has 1 aromatic carbocycles. The smallest absolute Gasteiger partial charge is 0.272 e. The van der Waals surface area contributed by atoms with Crippen LogP contribution < -0.4 is 10.6 Å². The van der Waals surface area contributed by atoms with E-state index in [-0.39, 0.29) is 30.5 Å². The number of pyridine rings is 1. The lowest BCUT2D eigenvalue weighted by Crippen LogP contribution is -2.31. The third-order valence-electron chi connectivity index (χ3n) is 5.69. The normalized spacial score (nSPS) is 13.2. The summed E-state index contributed by atoms with van der Waals surface area (Å²) < 4.78 is 1.60. The van der Waals surface area contributed by atoms with Crippen molar-refractivity contribution in [3.63, 3.8) is 0 Å². The second-order valence-electron chi connectivity index (χ2n) is 8.34. The number of nitrogens with zero attached hydrogens (tertiary/aromatic N) is 4. The van der Waals surface area contributed by atoms with E-state index >= 15 is 0 Å². The summed E-state index contributed by atoms with van der Waals surface area (Å²) in [6, 6.07) is 13.3. The molecule has 0 saturated carbocycles. The van der Waals surface area contributed by atoms with Gasteiger partial charge in [-0.05, 0) is 36.6 Å². The van der Waals surface area contributed by atoms with Gasteiger partial charge < -0.3 is 15.5 Å². The predicted octanol–water partition coefficient (Wildman–Crippen LogP) is 2.07. The molecule has 3 heterocycles. The molecule has 0 fully saturated rings. The van der Waals surface area contributed by atoms with Crippen LogP contribution in [0.15, 0.2) is 54.9 Å². The SMILES string of the molecule is Cc1ccc(CN2CCCn3nc(C(=O)NCCC(=O)NCc4ccncc4)cc3C2=O)cc1. The molecule has 0 saturated heterocycles. The highest BCUT2D eigenvalue weighted by Gasteiger charge is 2.26. The van der Waals surface area contributed by atoms with E-state index < -0.39 is 5.91 Å². The molecule has 0 unspecified atom stereocenters. The summed E-state index contributed by atoms with van der Waals surface area (Å²) >= 11 is 0. The average Bonchev–Trinajstić information content (AvgIpc) is 3.22. The van der Waals surface area contributed by atoms with Gasteiger partial charge in [-0.15, -0.1) is 0 Å². The van der Waals surface area contributed by atoms with E-state index in [9.17, 15) is 14.4 Å². The molecule has 1 aliphatic heterocycles. The molecule has 176 valence electrons. The Kier molecular flexibility index (Phi) is 7.31. The van der Waals surface area contributed by atoms with Crippen molar-refractivity contribution in [2.45, 2.75) is 39.4 Å². The van der Waals surface area contributed by atoms with E-state index in [4.69, 9.17) is 0 Å². The lowest BCUT2D eigenvalue weighted by atomic mass is 10.1. The van der Waals surface area contributed by atoms with Gasteiger partial charge in [0, 0.05) is 57.6 Å². The van der Waals surface area contributed by atoms with Crippen LogP contribution in [0.25, 0.3) is 0 Å². The van der Waals surface area contributed by atoms with E-state index in [1.165, 1.54) is 11.6 Å². The van der Waals surface area contributed by atoms with Crippen LogP contribution in [0.1, 0.15) is 50.5 Å². The number of amides is 3. The largest absolute Gasteiger partial charge is 0.352 e. The van der Waals surface area contributed by atoms with E-state index in [1.54, 1.807) is 22.0 Å². The summed E-state index contributed by atoms with van der Waals surface area (Å²) in [4.78, 5) is 43.4. The summed E-state index contributed by atoms with van der Waals surface area (Å²) in [7, 11) is 0. The van der Waals surface area contributed by atoms with Crippen LogP contribution in [0.4, 0.5) is 0 Å². The van der Waals surface area contributed by atoms with Crippen molar-refractivity contribution in [1.82, 2.24) is 30.3 Å². The van der Waals surface area contributed by atoms with Crippen molar-refractivity contribution in [3.05, 3.63) is 82.9 Å². The van der Waals surface area contributed by atoms with Gasteiger partial charge in [-0.25, -0.2) is 0 Å². The maximum atomic E-state index is 13.1. The van der Waals surface area contributed by atoms with Crippen LogP contribution in [0, 0.1) is 6.92 Å². The molecule has 1 aliphatic rings. The monoisotopic (exact) mass is 460 g/mol. The molecule has 34 heavy (non-hydrogen) atoms. The fourth-order valence-corrected chi connectivity index (χ4v) is 3.78. The van der Waals surface area contributed by atoms with E-state index in [0.717, 1.165) is 17.5 Å². The van der Waals surface area contributed by atoms with Gasteiger partial charge in [0.2, 0.25) is 5.91 Å². The van der Waals surface area contributed by atoms with Crippen molar-refractivity contribution in [3.8, 4) is 0 Å². The Bertz CT molecular complexity index is 1160. The number of hydrogen-bond acceptors (Lipinski definition) is 5. The van der Waals surface area contributed by atoms with Gasteiger partial charge in [0.05, 0.1) is 0 Å². The molecule has 3 aromatic rings. The maximum Gasteiger partial charge on any atom is 0.272 e. The first-order chi connectivity index (χ1) is 16.5. The van der Waals surface area contributed by atoms with E-state index in [0.29, 0.717) is 31.9 Å². The first-order valence-corrected chi connectivity index (χ1v) is 11.4. The fraction of sp³-hybridized carbons (Fsp3) is 0.320. The van der Waals surface area contributed by atoms with Gasteiger partial charge in [-0.3, -0.25) is 24.0 Å². The Balaban J connectivity index is 1.30. The minimum atomic E-state index is -0.402. The van der Waals surface area contributed by atoms with Crippen LogP contribution in [-0.4, -0.2) is 50.5 Å². The van der Waals surface area contributed by atoms with Crippen LogP contribution in [-0.2, 0) is 24.4 Å². The number of carbonyl (C=O) groups excluding carboxylic acids is 3. The van der Waals surface area contributed by atoms with Crippen molar-refractivity contribution < 1.29 is 14.4 Å². The number of aryl methyl sites for hydroxylation is 2. The number of rotatable bonds is 8.